The van der Waals surface area contributed by atoms with Gasteiger partial charge >= 0.3 is 0 Å². The smallest absolute Gasteiger partial charge is 0.123 e. The fraction of sp³-hybridized carbons (Fsp3) is 0.0714. The highest BCUT2D eigenvalue weighted by atomic mass is 35.5. The van der Waals surface area contributed by atoms with Gasteiger partial charge in [-0.25, -0.2) is 4.39 Å². The highest BCUT2D eigenvalue weighted by molar-refractivity contribution is 7.80. The Balaban J connectivity index is 2.07. The van der Waals surface area contributed by atoms with E-state index in [2.05, 4.69) is 0 Å². The van der Waals surface area contributed by atoms with Gasteiger partial charge in [0.25, 0.3) is 0 Å². The van der Waals surface area contributed by atoms with Gasteiger partial charge in [-0.05, 0) is 30.3 Å². The number of ether oxygens (including phenoxy) is 1. The molecule has 0 bridgehead atoms. The average Bonchev–Trinajstić information content (AvgIpc) is 2.39. The first-order valence-corrected chi connectivity index (χ1v) is 6.31. The summed E-state index contributed by atoms with van der Waals surface area (Å²) < 4.78 is 18.2. The van der Waals surface area contributed by atoms with Crippen LogP contribution in [0.5, 0.6) is 5.75 Å². The van der Waals surface area contributed by atoms with Gasteiger partial charge in [-0.1, -0.05) is 36.0 Å². The molecule has 2 rings (SSSR count). The van der Waals surface area contributed by atoms with Gasteiger partial charge in [-0.3, -0.25) is 0 Å². The van der Waals surface area contributed by atoms with E-state index >= 15 is 0 Å². The summed E-state index contributed by atoms with van der Waals surface area (Å²) in [6.07, 6.45) is 0. The van der Waals surface area contributed by atoms with Gasteiger partial charge in [-0.15, -0.1) is 0 Å². The fourth-order valence-corrected chi connectivity index (χ4v) is 1.87. The summed E-state index contributed by atoms with van der Waals surface area (Å²) in [4.78, 5) is 0.299. The second-order valence-corrected chi connectivity index (χ2v) is 4.76. The van der Waals surface area contributed by atoms with Gasteiger partial charge in [0.1, 0.15) is 23.2 Å². The molecule has 2 nitrogen and oxygen atoms in total. The Morgan fingerprint density at radius 3 is 2.47 bits per heavy atom. The van der Waals surface area contributed by atoms with E-state index in [0.29, 0.717) is 27.9 Å². The summed E-state index contributed by atoms with van der Waals surface area (Å²) in [6.45, 7) is 0.294. The van der Waals surface area contributed by atoms with Gasteiger partial charge in [-0.2, -0.15) is 0 Å². The second-order valence-electron chi connectivity index (χ2n) is 3.91. The molecule has 0 unspecified atom stereocenters. The molecule has 19 heavy (non-hydrogen) atoms. The zero-order valence-corrected chi connectivity index (χ0v) is 11.5. The highest BCUT2D eigenvalue weighted by Gasteiger charge is 2.05. The number of rotatable bonds is 4. The van der Waals surface area contributed by atoms with Crippen molar-refractivity contribution < 1.29 is 9.13 Å². The molecule has 98 valence electrons. The minimum Gasteiger partial charge on any atom is -0.489 e. The van der Waals surface area contributed by atoms with Crippen molar-refractivity contribution in [3.63, 3.8) is 0 Å². The lowest BCUT2D eigenvalue weighted by Gasteiger charge is -2.09. The van der Waals surface area contributed by atoms with E-state index in [0.717, 1.165) is 5.56 Å². The molecule has 0 spiro atoms. The van der Waals surface area contributed by atoms with Crippen molar-refractivity contribution in [3.8, 4) is 5.75 Å². The lowest BCUT2D eigenvalue weighted by molar-refractivity contribution is 0.306. The van der Waals surface area contributed by atoms with Crippen molar-refractivity contribution in [2.24, 2.45) is 5.73 Å². The van der Waals surface area contributed by atoms with Gasteiger partial charge in [0.15, 0.2) is 0 Å². The third-order valence-corrected chi connectivity index (χ3v) is 3.13. The molecule has 0 aromatic heterocycles. The summed E-state index contributed by atoms with van der Waals surface area (Å²) in [7, 11) is 0. The molecular weight excluding hydrogens is 285 g/mol. The zero-order chi connectivity index (χ0) is 13.8. The summed E-state index contributed by atoms with van der Waals surface area (Å²) in [5.41, 5.74) is 7.04. The Hall–Kier alpha value is -1.65. The van der Waals surface area contributed by atoms with Gasteiger partial charge in [0.05, 0.1) is 0 Å². The number of nitrogens with two attached hydrogens (primary N) is 1. The van der Waals surface area contributed by atoms with Crippen LogP contribution in [0.2, 0.25) is 5.02 Å². The molecular formula is C14H11ClFNOS. The van der Waals surface area contributed by atoms with Crippen LogP contribution in [-0.2, 0) is 6.61 Å². The van der Waals surface area contributed by atoms with E-state index in [-0.39, 0.29) is 5.82 Å². The van der Waals surface area contributed by atoms with Crippen molar-refractivity contribution in [3.05, 3.63) is 64.4 Å². The largest absolute Gasteiger partial charge is 0.489 e. The predicted molar refractivity (Wildman–Crippen MR) is 78.1 cm³/mol. The number of benzene rings is 2. The molecule has 0 aliphatic carbocycles. The molecule has 0 aliphatic rings. The van der Waals surface area contributed by atoms with Crippen molar-refractivity contribution in [1.29, 1.82) is 0 Å². The minimum atomic E-state index is -0.300. The molecule has 0 heterocycles. The summed E-state index contributed by atoms with van der Waals surface area (Å²) in [6, 6.07) is 11.1. The third-order valence-electron chi connectivity index (χ3n) is 2.55. The fourth-order valence-electron chi connectivity index (χ4n) is 1.51. The van der Waals surface area contributed by atoms with E-state index in [1.165, 1.54) is 12.1 Å². The summed E-state index contributed by atoms with van der Waals surface area (Å²) in [5, 5.41) is 0.535. The first kappa shape index (κ1) is 13.8. The van der Waals surface area contributed by atoms with E-state index in [1.807, 2.05) is 0 Å². The van der Waals surface area contributed by atoms with Crippen LogP contribution in [0, 0.1) is 5.82 Å². The lowest BCUT2D eigenvalue weighted by atomic mass is 10.1. The van der Waals surface area contributed by atoms with E-state index in [9.17, 15) is 4.39 Å². The Kier molecular flexibility index (Phi) is 4.35. The summed E-state index contributed by atoms with van der Waals surface area (Å²) in [5.74, 6) is 0.280. The van der Waals surface area contributed by atoms with Crippen molar-refractivity contribution in [2.75, 3.05) is 0 Å². The summed E-state index contributed by atoms with van der Waals surface area (Å²) >= 11 is 11.0. The molecule has 0 atom stereocenters. The van der Waals surface area contributed by atoms with Crippen molar-refractivity contribution in [2.45, 2.75) is 6.61 Å². The Morgan fingerprint density at radius 1 is 1.21 bits per heavy atom. The van der Waals surface area contributed by atoms with Crippen LogP contribution in [0.3, 0.4) is 0 Å². The van der Waals surface area contributed by atoms with E-state index in [4.69, 9.17) is 34.3 Å². The van der Waals surface area contributed by atoms with Crippen LogP contribution in [0.25, 0.3) is 0 Å². The predicted octanol–water partition coefficient (Wildman–Crippen LogP) is 3.69. The van der Waals surface area contributed by atoms with Gasteiger partial charge in [0, 0.05) is 16.1 Å². The average molecular weight is 296 g/mol. The second kappa shape index (κ2) is 5.99. The van der Waals surface area contributed by atoms with Crippen LogP contribution in [-0.4, -0.2) is 4.99 Å². The third kappa shape index (κ3) is 3.66. The highest BCUT2D eigenvalue weighted by Crippen LogP contribution is 2.20. The molecule has 0 amide bonds. The van der Waals surface area contributed by atoms with Crippen molar-refractivity contribution >= 4 is 28.8 Å². The maximum absolute atomic E-state index is 12.7. The lowest BCUT2D eigenvalue weighted by Crippen LogP contribution is -2.09. The molecule has 0 aliphatic heterocycles. The maximum Gasteiger partial charge on any atom is 0.123 e. The molecule has 5 heteroatoms. The SMILES string of the molecule is NC(=S)c1ccc(COc2ccc(F)cc2)c(Cl)c1. The van der Waals surface area contributed by atoms with E-state index in [1.54, 1.807) is 30.3 Å². The minimum absolute atomic E-state index is 0.294. The molecule has 0 fully saturated rings. The molecule has 2 aromatic carbocycles. The molecule has 0 saturated carbocycles. The number of hydrogen-bond acceptors (Lipinski definition) is 2. The first-order chi connectivity index (χ1) is 9.06. The zero-order valence-electron chi connectivity index (χ0n) is 9.90. The Labute approximate surface area is 120 Å². The quantitative estimate of drug-likeness (QED) is 0.874. The van der Waals surface area contributed by atoms with Gasteiger partial charge < -0.3 is 10.5 Å². The number of halogens is 2. The van der Waals surface area contributed by atoms with Crippen LogP contribution in [0.15, 0.2) is 42.5 Å². The van der Waals surface area contributed by atoms with Crippen molar-refractivity contribution in [1.82, 2.24) is 0 Å². The molecule has 2 N–H and O–H groups in total. The molecule has 0 saturated heterocycles. The van der Waals surface area contributed by atoms with Crippen LogP contribution in [0.1, 0.15) is 11.1 Å². The number of hydrogen-bond donors (Lipinski definition) is 1. The maximum atomic E-state index is 12.7. The number of thiocarbonyl (C=S) groups is 1. The van der Waals surface area contributed by atoms with Crippen LogP contribution >= 0.6 is 23.8 Å². The normalized spacial score (nSPS) is 10.2. The van der Waals surface area contributed by atoms with E-state index < -0.39 is 0 Å². The monoisotopic (exact) mass is 295 g/mol. The Morgan fingerprint density at radius 2 is 1.89 bits per heavy atom. The standard InChI is InChI=1S/C14H11ClFNOS/c15-13-7-9(14(17)19)1-2-10(13)8-18-12-5-3-11(16)4-6-12/h1-7H,8H2,(H2,17,19). The molecule has 0 radical (unpaired) electrons. The first-order valence-electron chi connectivity index (χ1n) is 5.53. The van der Waals surface area contributed by atoms with Crippen LogP contribution < -0.4 is 10.5 Å². The Bertz CT molecular complexity index is 601. The van der Waals surface area contributed by atoms with Gasteiger partial charge in [0.2, 0.25) is 0 Å². The molecule has 2 aromatic rings. The van der Waals surface area contributed by atoms with Crippen LogP contribution in [0.4, 0.5) is 4.39 Å². The topological polar surface area (TPSA) is 35.2 Å².